The average Bonchev–Trinajstić information content (AvgIpc) is 2.69. The van der Waals surface area contributed by atoms with Gasteiger partial charge in [-0.2, -0.15) is 23.5 Å². The van der Waals surface area contributed by atoms with Gasteiger partial charge in [0.2, 0.25) is 17.7 Å². The summed E-state index contributed by atoms with van der Waals surface area (Å²) in [5.41, 5.74) is 5.79. The molecule has 8 N–H and O–H groups in total. The molecule has 3 amide bonds. The Morgan fingerprint density at radius 3 is 1.74 bits per heavy atom. The van der Waals surface area contributed by atoms with E-state index in [0.717, 1.165) is 0 Å². The molecule has 0 aliphatic rings. The minimum absolute atomic E-state index is 0.165. The lowest BCUT2D eigenvalue weighted by Gasteiger charge is -2.26. The van der Waals surface area contributed by atoms with Crippen LogP contribution in [0.15, 0.2) is 0 Å². The van der Waals surface area contributed by atoms with Crippen LogP contribution in [-0.2, 0) is 19.2 Å². The van der Waals surface area contributed by atoms with Gasteiger partial charge in [0.15, 0.2) is 6.04 Å². The van der Waals surface area contributed by atoms with E-state index >= 15 is 0 Å². The summed E-state index contributed by atoms with van der Waals surface area (Å²) in [5.74, 6) is -2.54. The molecule has 13 heteroatoms. The van der Waals surface area contributed by atoms with E-state index < -0.39 is 60.1 Å². The van der Waals surface area contributed by atoms with Gasteiger partial charge < -0.3 is 37.0 Å². The number of carboxylic acids is 1. The van der Waals surface area contributed by atoms with Crippen molar-refractivity contribution in [3.8, 4) is 0 Å². The Labute approximate surface area is 190 Å². The van der Waals surface area contributed by atoms with Gasteiger partial charge in [-0.25, -0.2) is 4.79 Å². The van der Waals surface area contributed by atoms with Crippen molar-refractivity contribution in [2.75, 3.05) is 24.0 Å². The number of aliphatic carboxylic acids is 1. The molecular weight excluding hydrogens is 448 g/mol. The number of hydrogen-bond donors (Lipinski definition) is 7. The van der Waals surface area contributed by atoms with Crippen molar-refractivity contribution >= 4 is 47.2 Å². The van der Waals surface area contributed by atoms with E-state index in [4.69, 9.17) is 10.8 Å². The molecule has 6 unspecified atom stereocenters. The topological polar surface area (TPSA) is 191 Å². The molecule has 31 heavy (non-hydrogen) atoms. The SMILES string of the molecule is CSCCC(N)C(=O)NC(C(=O)NC(CCSC)C(=O)NC(C(=O)O)C(C)O)C(C)O. The molecule has 0 heterocycles. The van der Waals surface area contributed by atoms with Crippen LogP contribution in [0.2, 0.25) is 0 Å². The van der Waals surface area contributed by atoms with Gasteiger partial charge in [0, 0.05) is 0 Å². The van der Waals surface area contributed by atoms with E-state index in [2.05, 4.69) is 16.0 Å². The summed E-state index contributed by atoms with van der Waals surface area (Å²) in [5, 5.41) is 35.7. The summed E-state index contributed by atoms with van der Waals surface area (Å²) in [6.07, 6.45) is 1.58. The Morgan fingerprint density at radius 2 is 1.29 bits per heavy atom. The van der Waals surface area contributed by atoms with Gasteiger partial charge in [0.1, 0.15) is 12.1 Å². The van der Waals surface area contributed by atoms with Crippen molar-refractivity contribution in [3.05, 3.63) is 0 Å². The van der Waals surface area contributed by atoms with Gasteiger partial charge in [-0.05, 0) is 50.7 Å². The van der Waals surface area contributed by atoms with E-state index in [0.29, 0.717) is 17.9 Å². The second kappa shape index (κ2) is 15.3. The molecule has 11 nitrogen and oxygen atoms in total. The highest BCUT2D eigenvalue weighted by Gasteiger charge is 2.33. The molecule has 0 aromatic carbocycles. The molecule has 0 aliphatic carbocycles. The molecule has 180 valence electrons. The Bertz CT molecular complexity index is 607. The maximum absolute atomic E-state index is 12.7. The van der Waals surface area contributed by atoms with Crippen LogP contribution in [0.3, 0.4) is 0 Å². The first-order valence-corrected chi connectivity index (χ1v) is 12.5. The first-order chi connectivity index (χ1) is 14.5. The van der Waals surface area contributed by atoms with E-state index in [1.165, 1.54) is 37.4 Å². The fourth-order valence-corrected chi connectivity index (χ4v) is 3.41. The van der Waals surface area contributed by atoms with Crippen molar-refractivity contribution in [2.24, 2.45) is 5.73 Å². The summed E-state index contributed by atoms with van der Waals surface area (Å²) in [6.45, 7) is 2.52. The number of thioether (sulfide) groups is 2. The quantitative estimate of drug-likeness (QED) is 0.139. The fraction of sp³-hybridized carbons (Fsp3) is 0.778. The monoisotopic (exact) mass is 482 g/mol. The first kappa shape index (κ1) is 29.5. The van der Waals surface area contributed by atoms with Gasteiger partial charge in [-0.3, -0.25) is 14.4 Å². The third-order valence-corrected chi connectivity index (χ3v) is 5.61. The molecule has 0 radical (unpaired) electrons. The Kier molecular flexibility index (Phi) is 14.5. The van der Waals surface area contributed by atoms with E-state index in [9.17, 15) is 29.4 Å². The molecule has 0 spiro atoms. The molecule has 0 rings (SSSR count). The zero-order chi connectivity index (χ0) is 24.1. The van der Waals surface area contributed by atoms with Gasteiger partial charge >= 0.3 is 5.97 Å². The molecule has 6 atom stereocenters. The van der Waals surface area contributed by atoms with Crippen LogP contribution in [0.4, 0.5) is 0 Å². The van der Waals surface area contributed by atoms with E-state index in [-0.39, 0.29) is 6.42 Å². The summed E-state index contributed by atoms with van der Waals surface area (Å²) in [6, 6.07) is -4.91. The summed E-state index contributed by atoms with van der Waals surface area (Å²) in [7, 11) is 0. The highest BCUT2D eigenvalue weighted by molar-refractivity contribution is 7.98. The lowest BCUT2D eigenvalue weighted by atomic mass is 10.1. The third kappa shape index (κ3) is 11.1. The standard InChI is InChI=1S/C18H34N4O7S2/c1-9(23)13(21-15(25)11(19)5-7-30-3)17(27)20-12(6-8-31-4)16(26)22-14(10(2)24)18(28)29/h9-14,23-24H,5-8,19H2,1-4H3,(H,20,27)(H,21,25)(H,22,26)(H,28,29). The number of rotatable bonds is 15. The Morgan fingerprint density at radius 1 is 0.806 bits per heavy atom. The normalized spacial score (nSPS) is 16.9. The van der Waals surface area contributed by atoms with Crippen LogP contribution in [0.5, 0.6) is 0 Å². The lowest BCUT2D eigenvalue weighted by Crippen LogP contribution is -2.60. The van der Waals surface area contributed by atoms with Crippen LogP contribution >= 0.6 is 23.5 Å². The lowest BCUT2D eigenvalue weighted by molar-refractivity contribution is -0.145. The smallest absolute Gasteiger partial charge is 0.328 e. The molecule has 0 bridgehead atoms. The Balaban J connectivity index is 5.32. The van der Waals surface area contributed by atoms with Crippen molar-refractivity contribution in [2.45, 2.75) is 63.1 Å². The molecule has 0 aromatic heterocycles. The van der Waals surface area contributed by atoms with Crippen molar-refractivity contribution in [1.29, 1.82) is 0 Å². The number of nitrogens with two attached hydrogens (primary N) is 1. The average molecular weight is 483 g/mol. The van der Waals surface area contributed by atoms with Crippen LogP contribution in [0.25, 0.3) is 0 Å². The van der Waals surface area contributed by atoms with Crippen LogP contribution < -0.4 is 21.7 Å². The van der Waals surface area contributed by atoms with Gasteiger partial charge in [-0.15, -0.1) is 0 Å². The number of aliphatic hydroxyl groups excluding tert-OH is 2. The van der Waals surface area contributed by atoms with Crippen molar-refractivity contribution in [3.63, 3.8) is 0 Å². The third-order valence-electron chi connectivity index (χ3n) is 4.32. The Hall–Kier alpha value is -1.54. The van der Waals surface area contributed by atoms with E-state index in [1.54, 1.807) is 6.26 Å². The molecule has 0 fully saturated rings. The molecule has 0 saturated carbocycles. The van der Waals surface area contributed by atoms with Crippen LogP contribution in [0, 0.1) is 0 Å². The van der Waals surface area contributed by atoms with Crippen molar-refractivity contribution in [1.82, 2.24) is 16.0 Å². The predicted octanol–water partition coefficient (Wildman–Crippen LogP) is -1.88. The molecular formula is C18H34N4O7S2. The zero-order valence-electron chi connectivity index (χ0n) is 18.2. The molecule has 0 aliphatic heterocycles. The number of amides is 3. The number of nitrogens with one attached hydrogen (secondary N) is 3. The summed E-state index contributed by atoms with van der Waals surface area (Å²) in [4.78, 5) is 48.7. The molecule has 0 saturated heterocycles. The summed E-state index contributed by atoms with van der Waals surface area (Å²) < 4.78 is 0. The van der Waals surface area contributed by atoms with E-state index in [1.807, 2.05) is 6.26 Å². The molecule has 0 aromatic rings. The maximum Gasteiger partial charge on any atom is 0.328 e. The zero-order valence-corrected chi connectivity index (χ0v) is 19.8. The van der Waals surface area contributed by atoms with Gasteiger partial charge in [0.25, 0.3) is 0 Å². The number of carbonyl (C=O) groups is 4. The number of carbonyl (C=O) groups excluding carboxylic acids is 3. The van der Waals surface area contributed by atoms with Gasteiger partial charge in [-0.1, -0.05) is 0 Å². The number of hydrogen-bond acceptors (Lipinski definition) is 9. The van der Waals surface area contributed by atoms with Gasteiger partial charge in [0.05, 0.1) is 18.2 Å². The highest BCUT2D eigenvalue weighted by Crippen LogP contribution is 2.05. The fourth-order valence-electron chi connectivity index (χ4n) is 2.45. The van der Waals surface area contributed by atoms with Crippen LogP contribution in [0.1, 0.15) is 26.7 Å². The number of carboxylic acid groups (broad SMARTS) is 1. The summed E-state index contributed by atoms with van der Waals surface area (Å²) >= 11 is 2.92. The predicted molar refractivity (Wildman–Crippen MR) is 121 cm³/mol. The van der Waals surface area contributed by atoms with Crippen molar-refractivity contribution < 1.29 is 34.5 Å². The number of aliphatic hydroxyl groups is 2. The largest absolute Gasteiger partial charge is 0.480 e. The first-order valence-electron chi connectivity index (χ1n) is 9.69. The van der Waals surface area contributed by atoms with Crippen LogP contribution in [-0.4, -0.2) is 99.4 Å². The maximum atomic E-state index is 12.7. The highest BCUT2D eigenvalue weighted by atomic mass is 32.2. The minimum atomic E-state index is -1.55. The second-order valence-electron chi connectivity index (χ2n) is 7.02. The second-order valence-corrected chi connectivity index (χ2v) is 8.99. The minimum Gasteiger partial charge on any atom is -0.480 e.